The topological polar surface area (TPSA) is 136 Å². The van der Waals surface area contributed by atoms with Gasteiger partial charge in [-0.2, -0.15) is 0 Å². The van der Waals surface area contributed by atoms with Crippen LogP contribution in [0.4, 0.5) is 0 Å². The first-order chi connectivity index (χ1) is 37.8. The zero-order valence-electron chi connectivity index (χ0n) is 47.6. The molecule has 2 saturated heterocycles. The molecule has 9 rings (SSSR count). The standard InChI is InChI=1S/C63H80N4O10Si2/c1-62(2,3)78(7,8)73-42-51-54(77-79(9,10)63(4,5)6)56(60(74-51)67-44-64-52-58(67)65-43-66(59(52)68)36-45-26-16-11-17-27-45)76-61-57(72-40-49-34-24-15-25-35-49)55(71-39-48-32-22-14-23-33-48)53(70-38-47-30-20-13-21-31-47)50(75-61)41-69-37-46-28-18-12-19-29-46/h11-35,43-44,50-51,53-57,60-61H,36-42H2,1-10H3/t50-,51-,53-,54-,55+,56-,57-,60-,61+/m1/s1. The molecule has 0 bridgehead atoms. The van der Waals surface area contributed by atoms with Gasteiger partial charge in [0.25, 0.3) is 5.56 Å². The van der Waals surface area contributed by atoms with Crippen LogP contribution in [0.15, 0.2) is 169 Å². The van der Waals surface area contributed by atoms with E-state index < -0.39 is 71.9 Å². The number of aromatic nitrogens is 4. The minimum Gasteiger partial charge on any atom is -0.414 e. The molecule has 4 heterocycles. The molecule has 7 aromatic rings. The summed E-state index contributed by atoms with van der Waals surface area (Å²) in [4.78, 5) is 24.1. The van der Waals surface area contributed by atoms with Crippen molar-refractivity contribution >= 4 is 27.8 Å². The van der Waals surface area contributed by atoms with Gasteiger partial charge in [-0.05, 0) is 64.1 Å². The monoisotopic (exact) mass is 1110 g/mol. The third-order valence-corrected chi connectivity index (χ3v) is 25.1. The second kappa shape index (κ2) is 25.5. The number of hydrogen-bond acceptors (Lipinski definition) is 12. The molecule has 9 atom stereocenters. The van der Waals surface area contributed by atoms with Gasteiger partial charge in [0.05, 0.1) is 52.5 Å². The van der Waals surface area contributed by atoms with Gasteiger partial charge in [-0.15, -0.1) is 0 Å². The van der Waals surface area contributed by atoms with E-state index in [-0.39, 0.29) is 54.2 Å². The summed E-state index contributed by atoms with van der Waals surface area (Å²) in [6.07, 6.45) is -4.24. The number of fused-ring (bicyclic) bond motifs is 1. The van der Waals surface area contributed by atoms with Crippen LogP contribution in [0.1, 0.15) is 75.6 Å². The molecule has 5 aromatic carbocycles. The maximum absolute atomic E-state index is 14.4. The molecule has 0 radical (unpaired) electrons. The van der Waals surface area contributed by atoms with E-state index in [4.69, 9.17) is 52.0 Å². The maximum Gasteiger partial charge on any atom is 0.281 e. The first-order valence-corrected chi connectivity index (χ1v) is 33.5. The summed E-state index contributed by atoms with van der Waals surface area (Å²) in [5.74, 6) is 0. The van der Waals surface area contributed by atoms with Crippen LogP contribution in [-0.4, -0.2) is 98.0 Å². The minimum absolute atomic E-state index is 0.0917. The molecule has 2 aliphatic rings. The molecule has 0 spiro atoms. The number of nitrogens with zero attached hydrogens (tertiary/aromatic N) is 4. The Morgan fingerprint density at radius 3 is 1.49 bits per heavy atom. The number of hydrogen-bond donors (Lipinski definition) is 0. The quantitative estimate of drug-likeness (QED) is 0.0564. The van der Waals surface area contributed by atoms with E-state index in [2.05, 4.69) is 67.7 Å². The number of benzene rings is 5. The van der Waals surface area contributed by atoms with E-state index in [1.165, 1.54) is 0 Å². The predicted molar refractivity (Wildman–Crippen MR) is 311 cm³/mol. The highest BCUT2D eigenvalue weighted by molar-refractivity contribution is 6.74. The van der Waals surface area contributed by atoms with Gasteiger partial charge in [0, 0.05) is 0 Å². The summed E-state index contributed by atoms with van der Waals surface area (Å²) in [7, 11) is -5.00. The Bertz CT molecular complexity index is 3050. The fourth-order valence-electron chi connectivity index (χ4n) is 9.41. The SMILES string of the molecule is CC(C)(C)[Si](C)(C)OC[C@H]1O[C@@H](n2cnc3c(=O)n(Cc4ccccc4)cnc32)[C@H](O[C@@H]2O[C@H](COCc3ccccc3)[C@@H](OCc3ccccc3)[C@H](OCc3ccccc3)[C@H]2OCc2ccccc2)[C@@H]1O[Si](C)(C)C(C)(C)C. The molecule has 0 amide bonds. The van der Waals surface area contributed by atoms with E-state index >= 15 is 0 Å². The zero-order valence-corrected chi connectivity index (χ0v) is 49.6. The molecular weight excluding hydrogens is 1030 g/mol. The van der Waals surface area contributed by atoms with Crippen molar-refractivity contribution in [1.82, 2.24) is 19.1 Å². The van der Waals surface area contributed by atoms with Crippen LogP contribution >= 0.6 is 0 Å². The summed E-state index contributed by atoms with van der Waals surface area (Å²) in [6, 6.07) is 50.1. The average molecular weight is 1110 g/mol. The van der Waals surface area contributed by atoms with Crippen LogP contribution in [0.3, 0.4) is 0 Å². The lowest BCUT2D eigenvalue weighted by Crippen LogP contribution is -2.63. The predicted octanol–water partition coefficient (Wildman–Crippen LogP) is 12.0. The Hall–Kier alpha value is -5.48. The number of ether oxygens (including phenoxy) is 7. The average Bonchev–Trinajstić information content (AvgIpc) is 4.27. The van der Waals surface area contributed by atoms with Crippen molar-refractivity contribution in [1.29, 1.82) is 0 Å². The minimum atomic E-state index is -2.64. The molecule has 16 heteroatoms. The van der Waals surface area contributed by atoms with Crippen molar-refractivity contribution in [3.05, 3.63) is 202 Å². The Morgan fingerprint density at radius 2 is 0.975 bits per heavy atom. The molecule has 0 aliphatic carbocycles. The summed E-state index contributed by atoms with van der Waals surface area (Å²) in [5.41, 5.74) is 5.17. The second-order valence-electron chi connectivity index (χ2n) is 23.9. The summed E-state index contributed by atoms with van der Waals surface area (Å²) >= 11 is 0. The van der Waals surface area contributed by atoms with Gasteiger partial charge in [-0.25, -0.2) is 9.97 Å². The van der Waals surface area contributed by atoms with E-state index in [0.29, 0.717) is 18.8 Å². The van der Waals surface area contributed by atoms with Crippen molar-refractivity contribution in [3.8, 4) is 0 Å². The Labute approximate surface area is 468 Å². The molecule has 79 heavy (non-hydrogen) atoms. The molecule has 2 aliphatic heterocycles. The molecule has 0 unspecified atom stereocenters. The smallest absolute Gasteiger partial charge is 0.281 e. The lowest BCUT2D eigenvalue weighted by atomic mass is 9.97. The van der Waals surface area contributed by atoms with Gasteiger partial charge in [0.1, 0.15) is 49.1 Å². The highest BCUT2D eigenvalue weighted by Gasteiger charge is 2.57. The van der Waals surface area contributed by atoms with Crippen LogP contribution in [0, 0.1) is 0 Å². The van der Waals surface area contributed by atoms with Crippen molar-refractivity contribution in [3.63, 3.8) is 0 Å². The Kier molecular flexibility index (Phi) is 18.8. The molecular formula is C63H80N4O10Si2. The lowest BCUT2D eigenvalue weighted by molar-refractivity contribution is -0.342. The van der Waals surface area contributed by atoms with Crippen LogP contribution in [0.2, 0.25) is 36.3 Å². The summed E-state index contributed by atoms with van der Waals surface area (Å²) in [5, 5.41) is -0.303. The Morgan fingerprint density at radius 1 is 0.506 bits per heavy atom. The van der Waals surface area contributed by atoms with Gasteiger partial charge in [-0.3, -0.25) is 13.9 Å². The largest absolute Gasteiger partial charge is 0.414 e. The summed E-state index contributed by atoms with van der Waals surface area (Å²) < 4.78 is 68.4. The van der Waals surface area contributed by atoms with Crippen LogP contribution in [0.25, 0.3) is 11.2 Å². The Balaban J connectivity index is 1.17. The third-order valence-electron chi connectivity index (χ3n) is 16.1. The van der Waals surface area contributed by atoms with Crippen molar-refractivity contribution in [2.24, 2.45) is 0 Å². The van der Waals surface area contributed by atoms with Crippen molar-refractivity contribution in [2.45, 2.75) is 166 Å². The first kappa shape index (κ1) is 58.2. The maximum atomic E-state index is 14.4. The van der Waals surface area contributed by atoms with Gasteiger partial charge < -0.3 is 42.0 Å². The first-order valence-electron chi connectivity index (χ1n) is 27.7. The van der Waals surface area contributed by atoms with Crippen molar-refractivity contribution in [2.75, 3.05) is 13.2 Å². The highest BCUT2D eigenvalue weighted by atomic mass is 28.4. The molecule has 2 fully saturated rings. The number of imidazole rings is 1. The van der Waals surface area contributed by atoms with Crippen LogP contribution in [-0.2, 0) is 75.0 Å². The molecule has 2 aromatic heterocycles. The summed E-state index contributed by atoms with van der Waals surface area (Å²) in [6.45, 7) is 24.1. The normalized spacial score (nSPS) is 23.1. The fraction of sp³-hybridized carbons (Fsp3) is 0.444. The molecule has 0 saturated carbocycles. The van der Waals surface area contributed by atoms with Crippen molar-refractivity contribution < 1.29 is 42.0 Å². The van der Waals surface area contributed by atoms with E-state index in [1.54, 1.807) is 21.8 Å². The third kappa shape index (κ3) is 14.4. The van der Waals surface area contributed by atoms with Crippen LogP contribution in [0.5, 0.6) is 0 Å². The lowest BCUT2D eigenvalue weighted by Gasteiger charge is -2.47. The second-order valence-corrected chi connectivity index (χ2v) is 33.5. The van der Waals surface area contributed by atoms with Gasteiger partial charge in [0.15, 0.2) is 40.3 Å². The molecule has 420 valence electrons. The van der Waals surface area contributed by atoms with E-state index in [0.717, 1.165) is 27.8 Å². The zero-order chi connectivity index (χ0) is 55.8. The highest BCUT2D eigenvalue weighted by Crippen LogP contribution is 2.45. The molecule has 14 nitrogen and oxygen atoms in total. The molecule has 0 N–H and O–H groups in total. The van der Waals surface area contributed by atoms with Gasteiger partial charge in [-0.1, -0.05) is 193 Å². The van der Waals surface area contributed by atoms with E-state index in [1.807, 2.05) is 152 Å². The van der Waals surface area contributed by atoms with Gasteiger partial charge >= 0.3 is 0 Å². The van der Waals surface area contributed by atoms with E-state index in [9.17, 15) is 4.79 Å². The number of rotatable bonds is 23. The van der Waals surface area contributed by atoms with Crippen LogP contribution < -0.4 is 5.56 Å². The fourth-order valence-corrected chi connectivity index (χ4v) is 11.7. The van der Waals surface area contributed by atoms with Gasteiger partial charge in [0.2, 0.25) is 0 Å².